The molecule has 2 heterocycles. The highest BCUT2D eigenvalue weighted by molar-refractivity contribution is 7.15. The minimum absolute atomic E-state index is 0.134. The van der Waals surface area contributed by atoms with Crippen LogP contribution in [0.1, 0.15) is 30.8 Å². The lowest BCUT2D eigenvalue weighted by Gasteiger charge is -2.32. The Morgan fingerprint density at radius 2 is 2.16 bits per heavy atom. The standard InChI is InChI=1S/C18H21N3O3S/c1-4-13-12(3)25-18(19-13)20-16(22)9-10-21-14-7-5-6-8-15(14)24-11(2)17(21)23/h5-8,11H,4,9-10H2,1-3H3,(H,19,20,22)/t11-/m1/s1. The SMILES string of the molecule is CCc1nc(NC(=O)CCN2C(=O)[C@@H](C)Oc3ccccc32)sc1C. The Labute approximate surface area is 150 Å². The van der Waals surface area contributed by atoms with Gasteiger partial charge in [-0.2, -0.15) is 0 Å². The molecule has 1 atom stereocenters. The normalized spacial score (nSPS) is 16.4. The van der Waals surface area contributed by atoms with Gasteiger partial charge in [0.2, 0.25) is 5.91 Å². The van der Waals surface area contributed by atoms with Crippen LogP contribution in [0.3, 0.4) is 0 Å². The van der Waals surface area contributed by atoms with Crippen molar-refractivity contribution >= 4 is 34.0 Å². The van der Waals surface area contributed by atoms with Crippen molar-refractivity contribution in [2.45, 2.75) is 39.7 Å². The average molecular weight is 359 g/mol. The number of fused-ring (bicyclic) bond motifs is 1. The summed E-state index contributed by atoms with van der Waals surface area (Å²) < 4.78 is 5.60. The highest BCUT2D eigenvalue weighted by atomic mass is 32.1. The fourth-order valence-electron chi connectivity index (χ4n) is 2.79. The van der Waals surface area contributed by atoms with Crippen molar-refractivity contribution in [2.24, 2.45) is 0 Å². The molecule has 25 heavy (non-hydrogen) atoms. The van der Waals surface area contributed by atoms with E-state index in [1.165, 1.54) is 11.3 Å². The number of thiazole rings is 1. The predicted octanol–water partition coefficient (Wildman–Crippen LogP) is 3.16. The number of rotatable bonds is 5. The predicted molar refractivity (Wildman–Crippen MR) is 98.4 cm³/mol. The van der Waals surface area contributed by atoms with E-state index < -0.39 is 6.10 Å². The Morgan fingerprint density at radius 3 is 2.88 bits per heavy atom. The second-order valence-electron chi connectivity index (χ2n) is 5.89. The fraction of sp³-hybridized carbons (Fsp3) is 0.389. The third-order valence-corrected chi connectivity index (χ3v) is 5.04. The number of benzene rings is 1. The highest BCUT2D eigenvalue weighted by Gasteiger charge is 2.31. The lowest BCUT2D eigenvalue weighted by molar-refractivity contribution is -0.125. The van der Waals surface area contributed by atoms with Gasteiger partial charge in [-0.15, -0.1) is 11.3 Å². The van der Waals surface area contributed by atoms with Crippen molar-refractivity contribution in [3.05, 3.63) is 34.8 Å². The number of carbonyl (C=O) groups excluding carboxylic acids is 2. The maximum Gasteiger partial charge on any atom is 0.267 e. The Bertz CT molecular complexity index is 803. The molecule has 1 aliphatic heterocycles. The van der Waals surface area contributed by atoms with E-state index in [-0.39, 0.29) is 18.2 Å². The third-order valence-electron chi connectivity index (χ3n) is 4.11. The molecule has 132 valence electrons. The van der Waals surface area contributed by atoms with Crippen LogP contribution < -0.4 is 15.0 Å². The van der Waals surface area contributed by atoms with Crippen molar-refractivity contribution in [1.29, 1.82) is 0 Å². The van der Waals surface area contributed by atoms with Gasteiger partial charge in [0, 0.05) is 17.8 Å². The van der Waals surface area contributed by atoms with E-state index in [9.17, 15) is 9.59 Å². The Kier molecular flexibility index (Phi) is 5.03. The molecule has 2 amide bonds. The number of aromatic nitrogens is 1. The average Bonchev–Trinajstić information content (AvgIpc) is 2.94. The Hall–Kier alpha value is -2.41. The minimum Gasteiger partial charge on any atom is -0.479 e. The van der Waals surface area contributed by atoms with Gasteiger partial charge in [-0.25, -0.2) is 4.98 Å². The highest BCUT2D eigenvalue weighted by Crippen LogP contribution is 2.33. The van der Waals surface area contributed by atoms with E-state index in [0.717, 1.165) is 17.0 Å². The lowest BCUT2D eigenvalue weighted by Crippen LogP contribution is -2.45. The molecule has 0 bridgehead atoms. The molecule has 1 aliphatic rings. The largest absolute Gasteiger partial charge is 0.479 e. The molecule has 0 spiro atoms. The quantitative estimate of drug-likeness (QED) is 0.890. The molecule has 1 aromatic heterocycles. The minimum atomic E-state index is -0.549. The molecule has 0 saturated carbocycles. The Balaban J connectivity index is 1.66. The molecule has 7 heteroatoms. The van der Waals surface area contributed by atoms with Crippen molar-refractivity contribution in [2.75, 3.05) is 16.8 Å². The zero-order valence-corrected chi connectivity index (χ0v) is 15.4. The van der Waals surface area contributed by atoms with Crippen molar-refractivity contribution in [3.63, 3.8) is 0 Å². The summed E-state index contributed by atoms with van der Waals surface area (Å²) in [7, 11) is 0. The van der Waals surface area contributed by atoms with Crippen LogP contribution >= 0.6 is 11.3 Å². The van der Waals surface area contributed by atoms with E-state index in [1.807, 2.05) is 38.1 Å². The summed E-state index contributed by atoms with van der Waals surface area (Å²) >= 11 is 1.47. The van der Waals surface area contributed by atoms with Crippen LogP contribution in [-0.2, 0) is 16.0 Å². The molecule has 0 radical (unpaired) electrons. The number of ether oxygens (including phenoxy) is 1. The number of anilines is 2. The first-order valence-corrected chi connectivity index (χ1v) is 9.14. The molecule has 0 aliphatic carbocycles. The molecule has 2 aromatic rings. The van der Waals surface area contributed by atoms with Gasteiger partial charge in [0.15, 0.2) is 11.2 Å². The van der Waals surface area contributed by atoms with E-state index in [0.29, 0.717) is 23.1 Å². The van der Waals surface area contributed by atoms with Crippen LogP contribution in [0, 0.1) is 6.92 Å². The van der Waals surface area contributed by atoms with Crippen LogP contribution in [0.4, 0.5) is 10.8 Å². The van der Waals surface area contributed by atoms with Crippen LogP contribution in [0.5, 0.6) is 5.75 Å². The second-order valence-corrected chi connectivity index (χ2v) is 7.09. The van der Waals surface area contributed by atoms with Gasteiger partial charge in [-0.05, 0) is 32.4 Å². The zero-order valence-electron chi connectivity index (χ0n) is 14.5. The van der Waals surface area contributed by atoms with Crippen LogP contribution in [0.15, 0.2) is 24.3 Å². The van der Waals surface area contributed by atoms with E-state index >= 15 is 0 Å². The maximum absolute atomic E-state index is 12.4. The number of para-hydroxylation sites is 2. The van der Waals surface area contributed by atoms with Gasteiger partial charge in [-0.3, -0.25) is 9.59 Å². The first kappa shape index (κ1) is 17.4. The third kappa shape index (κ3) is 3.66. The summed E-state index contributed by atoms with van der Waals surface area (Å²) in [5.41, 5.74) is 1.71. The first-order valence-electron chi connectivity index (χ1n) is 8.32. The van der Waals surface area contributed by atoms with E-state index in [4.69, 9.17) is 4.74 Å². The van der Waals surface area contributed by atoms with Gasteiger partial charge in [0.1, 0.15) is 5.75 Å². The van der Waals surface area contributed by atoms with Crippen molar-refractivity contribution < 1.29 is 14.3 Å². The van der Waals surface area contributed by atoms with Gasteiger partial charge in [0.05, 0.1) is 11.4 Å². The molecule has 0 saturated heterocycles. The van der Waals surface area contributed by atoms with E-state index in [1.54, 1.807) is 11.8 Å². The van der Waals surface area contributed by atoms with E-state index in [2.05, 4.69) is 10.3 Å². The van der Waals surface area contributed by atoms with Gasteiger partial charge < -0.3 is 15.0 Å². The molecular formula is C18H21N3O3S. The molecule has 1 N–H and O–H groups in total. The summed E-state index contributed by atoms with van der Waals surface area (Å²) in [4.78, 5) is 31.8. The van der Waals surface area contributed by atoms with Gasteiger partial charge in [-0.1, -0.05) is 19.1 Å². The van der Waals surface area contributed by atoms with Crippen molar-refractivity contribution in [3.8, 4) is 5.75 Å². The van der Waals surface area contributed by atoms with Crippen LogP contribution in [0.25, 0.3) is 0 Å². The number of nitrogens with one attached hydrogen (secondary N) is 1. The van der Waals surface area contributed by atoms with Crippen LogP contribution in [-0.4, -0.2) is 29.4 Å². The van der Waals surface area contributed by atoms with Crippen LogP contribution in [0.2, 0.25) is 0 Å². The number of nitrogens with zero attached hydrogens (tertiary/aromatic N) is 2. The molecule has 1 aromatic carbocycles. The zero-order chi connectivity index (χ0) is 18.0. The number of hydrogen-bond donors (Lipinski definition) is 1. The summed E-state index contributed by atoms with van der Waals surface area (Å²) in [5.74, 6) is 0.379. The van der Waals surface area contributed by atoms with Crippen molar-refractivity contribution in [1.82, 2.24) is 4.98 Å². The molecule has 0 fully saturated rings. The van der Waals surface area contributed by atoms with Gasteiger partial charge in [0.25, 0.3) is 5.91 Å². The second kappa shape index (κ2) is 7.23. The summed E-state index contributed by atoms with van der Waals surface area (Å²) in [6.45, 7) is 6.06. The number of aryl methyl sites for hydroxylation is 2. The Morgan fingerprint density at radius 1 is 1.40 bits per heavy atom. The molecule has 6 nitrogen and oxygen atoms in total. The molecule has 0 unspecified atom stereocenters. The summed E-state index contributed by atoms with van der Waals surface area (Å²) in [6, 6.07) is 7.37. The molecular weight excluding hydrogens is 338 g/mol. The maximum atomic E-state index is 12.4. The fourth-order valence-corrected chi connectivity index (χ4v) is 3.71. The number of carbonyl (C=O) groups is 2. The first-order chi connectivity index (χ1) is 12.0. The van der Waals surface area contributed by atoms with Gasteiger partial charge >= 0.3 is 0 Å². The molecule has 3 rings (SSSR count). The summed E-state index contributed by atoms with van der Waals surface area (Å²) in [5, 5.41) is 3.44. The smallest absolute Gasteiger partial charge is 0.267 e. The topological polar surface area (TPSA) is 71.5 Å². The lowest BCUT2D eigenvalue weighted by atomic mass is 10.1. The number of amides is 2. The number of hydrogen-bond acceptors (Lipinski definition) is 5. The monoisotopic (exact) mass is 359 g/mol. The summed E-state index contributed by atoms with van der Waals surface area (Å²) in [6.07, 6.45) is 0.494.